The largest absolute Gasteiger partial charge is 0.378 e. The van der Waals surface area contributed by atoms with Gasteiger partial charge in [0.2, 0.25) is 5.91 Å². The Hall–Kier alpha value is -2.83. The van der Waals surface area contributed by atoms with Gasteiger partial charge >= 0.3 is 0 Å². The number of hydrogen-bond acceptors (Lipinski definition) is 7. The van der Waals surface area contributed by atoms with E-state index in [0.29, 0.717) is 21.6 Å². The molecule has 2 heterocycles. The minimum Gasteiger partial charge on any atom is -0.378 e. The molecule has 1 amide bonds. The Morgan fingerprint density at radius 1 is 1.36 bits per heavy atom. The molecule has 36 heavy (non-hydrogen) atoms. The first-order valence-corrected chi connectivity index (χ1v) is 14.1. The Kier molecular flexibility index (Phi) is 7.76. The van der Waals surface area contributed by atoms with Gasteiger partial charge in [-0.3, -0.25) is 4.79 Å². The molecule has 1 N–H and O–H groups in total. The highest BCUT2D eigenvalue weighted by Crippen LogP contribution is 2.45. The lowest BCUT2D eigenvalue weighted by atomic mass is 9.69. The minimum absolute atomic E-state index is 0.139. The third kappa shape index (κ3) is 5.30. The lowest BCUT2D eigenvalue weighted by Gasteiger charge is -2.36. The van der Waals surface area contributed by atoms with Crippen LogP contribution in [0.15, 0.2) is 29.4 Å². The monoisotopic (exact) mass is 522 g/mol. The third-order valence-corrected chi connectivity index (χ3v) is 9.62. The summed E-state index contributed by atoms with van der Waals surface area (Å²) in [5.41, 5.74) is 4.10. The second-order valence-electron chi connectivity index (χ2n) is 10.2. The molecule has 190 valence electrons. The van der Waals surface area contributed by atoms with E-state index in [-0.39, 0.29) is 17.1 Å². The van der Waals surface area contributed by atoms with Crippen LogP contribution in [0.3, 0.4) is 0 Å². The molecule has 3 aromatic rings. The van der Waals surface area contributed by atoms with Gasteiger partial charge in [-0.05, 0) is 48.3 Å². The summed E-state index contributed by atoms with van der Waals surface area (Å²) in [4.78, 5) is 16.1. The number of nitriles is 1. The highest BCUT2D eigenvalue weighted by Gasteiger charge is 2.34. The Balaban J connectivity index is 1.43. The molecular formula is C27H34N6OS2. The van der Waals surface area contributed by atoms with Crippen LogP contribution in [0.2, 0.25) is 0 Å². The third-order valence-electron chi connectivity index (χ3n) is 7.43. The summed E-state index contributed by atoms with van der Waals surface area (Å²) in [6.45, 7) is 6.91. The van der Waals surface area contributed by atoms with E-state index >= 15 is 0 Å². The van der Waals surface area contributed by atoms with Gasteiger partial charge in [0.05, 0.1) is 11.3 Å². The van der Waals surface area contributed by atoms with Gasteiger partial charge in [-0.2, -0.15) is 5.26 Å². The van der Waals surface area contributed by atoms with Crippen LogP contribution in [0.4, 0.5) is 10.7 Å². The van der Waals surface area contributed by atoms with Crippen molar-refractivity contribution < 1.29 is 4.79 Å². The van der Waals surface area contributed by atoms with E-state index in [1.54, 1.807) is 11.3 Å². The van der Waals surface area contributed by atoms with Gasteiger partial charge in [0, 0.05) is 37.3 Å². The summed E-state index contributed by atoms with van der Waals surface area (Å²) >= 11 is 2.92. The molecule has 1 atom stereocenters. The standard InChI is InChI=1S/C27H34N6OS2/c1-7-27(2,3)18-11-12-20-21(15-28)25(36-22(20)14-18)29-23(34)16-35-26-31-30-24(33(26)6)17-9-8-10-19(13-17)32(4)5/h8-10,13,18H,7,11-12,14,16H2,1-6H3,(H,29,34). The maximum atomic E-state index is 12.8. The number of benzene rings is 1. The number of fused-ring (bicyclic) bond motifs is 1. The first-order chi connectivity index (χ1) is 17.1. The quantitative estimate of drug-likeness (QED) is 0.379. The van der Waals surface area contributed by atoms with Crippen LogP contribution in [-0.4, -0.2) is 40.5 Å². The fourth-order valence-electron chi connectivity index (χ4n) is 4.66. The summed E-state index contributed by atoms with van der Waals surface area (Å²) in [5.74, 6) is 1.41. The number of nitrogens with one attached hydrogen (secondary N) is 1. The SMILES string of the molecule is CCC(C)(C)C1CCc2c(sc(NC(=O)CSc3nnc(-c4cccc(N(C)C)c4)n3C)c2C#N)C1. The maximum absolute atomic E-state index is 12.8. The predicted molar refractivity (Wildman–Crippen MR) is 149 cm³/mol. The molecule has 1 aliphatic carbocycles. The minimum atomic E-state index is -0.139. The highest BCUT2D eigenvalue weighted by atomic mass is 32.2. The molecule has 2 aromatic heterocycles. The first kappa shape index (κ1) is 26.2. The molecule has 4 rings (SSSR count). The number of amides is 1. The summed E-state index contributed by atoms with van der Waals surface area (Å²) in [6.07, 6.45) is 4.12. The fraction of sp³-hybridized carbons (Fsp3) is 0.481. The molecule has 9 heteroatoms. The molecule has 0 aliphatic heterocycles. The van der Waals surface area contributed by atoms with E-state index < -0.39 is 0 Å². The number of carbonyl (C=O) groups excluding carboxylic acids is 1. The summed E-state index contributed by atoms with van der Waals surface area (Å²) in [5, 5.41) is 22.9. The topological polar surface area (TPSA) is 86.8 Å². The fourth-order valence-corrected chi connectivity index (χ4v) is 6.66. The van der Waals surface area contributed by atoms with Gasteiger partial charge in [0.15, 0.2) is 11.0 Å². The summed E-state index contributed by atoms with van der Waals surface area (Å²) < 4.78 is 1.91. The smallest absolute Gasteiger partial charge is 0.235 e. The normalized spacial score (nSPS) is 15.3. The van der Waals surface area contributed by atoms with Crippen molar-refractivity contribution in [2.45, 2.75) is 51.6 Å². The predicted octanol–water partition coefficient (Wildman–Crippen LogP) is 5.75. The number of thioether (sulfide) groups is 1. The zero-order valence-corrected chi connectivity index (χ0v) is 23.5. The molecule has 0 saturated heterocycles. The molecule has 0 saturated carbocycles. The zero-order valence-electron chi connectivity index (χ0n) is 21.9. The molecule has 1 aromatic carbocycles. The number of aromatic nitrogens is 3. The van der Waals surface area contributed by atoms with Crippen molar-refractivity contribution in [1.29, 1.82) is 5.26 Å². The van der Waals surface area contributed by atoms with Crippen LogP contribution < -0.4 is 10.2 Å². The Morgan fingerprint density at radius 3 is 2.83 bits per heavy atom. The van der Waals surface area contributed by atoms with Crippen molar-refractivity contribution in [2.75, 3.05) is 30.1 Å². The van der Waals surface area contributed by atoms with Crippen LogP contribution in [0.25, 0.3) is 11.4 Å². The van der Waals surface area contributed by atoms with Crippen molar-refractivity contribution in [2.24, 2.45) is 18.4 Å². The van der Waals surface area contributed by atoms with Crippen molar-refractivity contribution in [1.82, 2.24) is 14.8 Å². The number of hydrogen-bond donors (Lipinski definition) is 1. The van der Waals surface area contributed by atoms with E-state index in [1.807, 2.05) is 48.8 Å². The average Bonchev–Trinajstić information content (AvgIpc) is 3.41. The van der Waals surface area contributed by atoms with Gasteiger partial charge < -0.3 is 14.8 Å². The summed E-state index contributed by atoms with van der Waals surface area (Å²) in [7, 11) is 5.91. The number of nitrogens with zero attached hydrogens (tertiary/aromatic N) is 5. The molecule has 0 fully saturated rings. The van der Waals surface area contributed by atoms with Gasteiger partial charge in [0.1, 0.15) is 11.1 Å². The molecule has 1 aliphatic rings. The van der Waals surface area contributed by atoms with Crippen LogP contribution >= 0.6 is 23.1 Å². The van der Waals surface area contributed by atoms with Crippen molar-refractivity contribution >= 4 is 39.7 Å². The summed E-state index contributed by atoms with van der Waals surface area (Å²) in [6, 6.07) is 10.5. The Labute approximate surface area is 221 Å². The van der Waals surface area contributed by atoms with E-state index in [9.17, 15) is 10.1 Å². The number of thiophene rings is 1. The van der Waals surface area contributed by atoms with Crippen LogP contribution in [0.1, 0.15) is 49.6 Å². The lowest BCUT2D eigenvalue weighted by molar-refractivity contribution is -0.113. The maximum Gasteiger partial charge on any atom is 0.235 e. The van der Waals surface area contributed by atoms with Gasteiger partial charge in [-0.25, -0.2) is 0 Å². The zero-order chi connectivity index (χ0) is 26.0. The van der Waals surface area contributed by atoms with E-state index in [4.69, 9.17) is 0 Å². The van der Waals surface area contributed by atoms with Gasteiger partial charge in [-0.15, -0.1) is 21.5 Å². The van der Waals surface area contributed by atoms with Crippen LogP contribution in [0.5, 0.6) is 0 Å². The second kappa shape index (κ2) is 10.7. The lowest BCUT2D eigenvalue weighted by Crippen LogP contribution is -2.28. The molecular weight excluding hydrogens is 488 g/mol. The second-order valence-corrected chi connectivity index (χ2v) is 12.3. The first-order valence-electron chi connectivity index (χ1n) is 12.3. The highest BCUT2D eigenvalue weighted by molar-refractivity contribution is 7.99. The number of anilines is 2. The molecule has 1 unspecified atom stereocenters. The molecule has 0 bridgehead atoms. The van der Waals surface area contributed by atoms with E-state index in [2.05, 4.69) is 48.4 Å². The molecule has 7 nitrogen and oxygen atoms in total. The Bertz CT molecular complexity index is 1300. The van der Waals surface area contributed by atoms with E-state index in [0.717, 1.165) is 48.3 Å². The average molecular weight is 523 g/mol. The van der Waals surface area contributed by atoms with Crippen LogP contribution in [0, 0.1) is 22.7 Å². The molecule has 0 spiro atoms. The van der Waals surface area contributed by atoms with Crippen molar-refractivity contribution in [3.8, 4) is 17.5 Å². The van der Waals surface area contributed by atoms with E-state index in [1.165, 1.54) is 16.6 Å². The number of rotatable bonds is 8. The van der Waals surface area contributed by atoms with Crippen molar-refractivity contribution in [3.63, 3.8) is 0 Å². The van der Waals surface area contributed by atoms with Gasteiger partial charge in [-0.1, -0.05) is 51.1 Å². The van der Waals surface area contributed by atoms with Crippen LogP contribution in [-0.2, 0) is 24.7 Å². The Morgan fingerprint density at radius 2 is 2.14 bits per heavy atom. The molecule has 0 radical (unpaired) electrons. The van der Waals surface area contributed by atoms with Gasteiger partial charge in [0.25, 0.3) is 0 Å². The number of carbonyl (C=O) groups is 1. The van der Waals surface area contributed by atoms with Crippen molar-refractivity contribution in [3.05, 3.63) is 40.3 Å².